The first-order valence-electron chi connectivity index (χ1n) is 10.2. The maximum absolute atomic E-state index is 13.6. The summed E-state index contributed by atoms with van der Waals surface area (Å²) in [6.07, 6.45) is -3.67. The number of thioether (sulfide) groups is 1. The molecule has 0 aromatic heterocycles. The van der Waals surface area contributed by atoms with Gasteiger partial charge in [-0.3, -0.25) is 4.79 Å². The van der Waals surface area contributed by atoms with Crippen molar-refractivity contribution in [1.82, 2.24) is 10.6 Å². The van der Waals surface area contributed by atoms with Crippen molar-refractivity contribution in [2.24, 2.45) is 0 Å². The molecule has 1 unspecified atom stereocenters. The number of hydrogen-bond acceptors (Lipinski definition) is 7. The molecular formula is C22H32F2N2O6S. The number of nitrogens with one attached hydrogen (secondary N) is 2. The Morgan fingerprint density at radius 1 is 0.970 bits per heavy atom. The van der Waals surface area contributed by atoms with Crippen molar-refractivity contribution >= 4 is 29.7 Å². The van der Waals surface area contributed by atoms with Crippen LogP contribution in [-0.2, 0) is 19.1 Å². The van der Waals surface area contributed by atoms with E-state index in [1.165, 1.54) is 32.2 Å². The second-order valence-electron chi connectivity index (χ2n) is 9.09. The van der Waals surface area contributed by atoms with Crippen molar-refractivity contribution in [3.8, 4) is 5.75 Å². The monoisotopic (exact) mass is 490 g/mol. The van der Waals surface area contributed by atoms with Crippen LogP contribution in [0.5, 0.6) is 5.75 Å². The second-order valence-corrected chi connectivity index (χ2v) is 10.2. The molecule has 33 heavy (non-hydrogen) atoms. The predicted octanol–water partition coefficient (Wildman–Crippen LogP) is 4.42. The van der Waals surface area contributed by atoms with Crippen molar-refractivity contribution in [2.75, 3.05) is 7.11 Å². The highest BCUT2D eigenvalue weighted by Gasteiger charge is 2.32. The van der Waals surface area contributed by atoms with Gasteiger partial charge in [0.05, 0.1) is 12.0 Å². The molecule has 11 heteroatoms. The van der Waals surface area contributed by atoms with Crippen molar-refractivity contribution in [3.05, 3.63) is 23.8 Å². The number of esters is 1. The molecule has 2 atom stereocenters. The number of alkyl halides is 2. The summed E-state index contributed by atoms with van der Waals surface area (Å²) in [6, 6.07) is 2.99. The van der Waals surface area contributed by atoms with E-state index in [4.69, 9.17) is 14.2 Å². The molecule has 2 N–H and O–H groups in total. The van der Waals surface area contributed by atoms with E-state index in [0.717, 1.165) is 0 Å². The highest BCUT2D eigenvalue weighted by molar-refractivity contribution is 8.00. The normalized spacial score (nSPS) is 13.7. The summed E-state index contributed by atoms with van der Waals surface area (Å²) < 4.78 is 42.9. The molecule has 0 aliphatic rings. The molecule has 0 aliphatic carbocycles. The fraction of sp³-hybridized carbons (Fsp3) is 0.591. The number of halogens is 2. The van der Waals surface area contributed by atoms with Crippen LogP contribution in [-0.4, -0.2) is 47.7 Å². The largest absolute Gasteiger partial charge is 0.496 e. The number of rotatable bonds is 8. The summed E-state index contributed by atoms with van der Waals surface area (Å²) >= 11 is 0.663. The minimum Gasteiger partial charge on any atom is -0.496 e. The SMILES string of the molecule is COc1cccc(C(F)F)c1SC(NC(=O)[C@@H](C)NC(=O)OC(C)(C)C)C(=O)OC(C)(C)C. The van der Waals surface area contributed by atoms with Gasteiger partial charge in [-0.15, -0.1) is 0 Å². The lowest BCUT2D eigenvalue weighted by atomic mass is 10.2. The lowest BCUT2D eigenvalue weighted by molar-refractivity contribution is -0.155. The van der Waals surface area contributed by atoms with Gasteiger partial charge in [0.1, 0.15) is 23.0 Å². The first-order chi connectivity index (χ1) is 15.0. The summed E-state index contributed by atoms with van der Waals surface area (Å²) in [5.74, 6) is -1.48. The van der Waals surface area contributed by atoms with Gasteiger partial charge in [-0.2, -0.15) is 0 Å². The van der Waals surface area contributed by atoms with Crippen molar-refractivity contribution in [2.45, 2.75) is 82.4 Å². The molecule has 0 saturated heterocycles. The van der Waals surface area contributed by atoms with Crippen LogP contribution in [0.4, 0.5) is 13.6 Å². The minimum atomic E-state index is -2.84. The average molecular weight is 491 g/mol. The fourth-order valence-electron chi connectivity index (χ4n) is 2.41. The molecule has 0 heterocycles. The smallest absolute Gasteiger partial charge is 0.408 e. The molecule has 0 fully saturated rings. The van der Waals surface area contributed by atoms with E-state index >= 15 is 0 Å². The number of methoxy groups -OCH3 is 1. The van der Waals surface area contributed by atoms with Crippen molar-refractivity contribution in [3.63, 3.8) is 0 Å². The minimum absolute atomic E-state index is 0.0149. The zero-order valence-corrected chi connectivity index (χ0v) is 20.9. The summed E-state index contributed by atoms with van der Waals surface area (Å²) in [5.41, 5.74) is -2.03. The Bertz CT molecular complexity index is 852. The Hall–Kier alpha value is -2.56. The predicted molar refractivity (Wildman–Crippen MR) is 120 cm³/mol. The van der Waals surface area contributed by atoms with E-state index in [9.17, 15) is 23.2 Å². The second kappa shape index (κ2) is 11.5. The quantitative estimate of drug-likeness (QED) is 0.316. The van der Waals surface area contributed by atoms with Gasteiger partial charge < -0.3 is 24.8 Å². The summed E-state index contributed by atoms with van der Waals surface area (Å²) in [7, 11) is 1.31. The van der Waals surface area contributed by atoms with Gasteiger partial charge in [0.25, 0.3) is 6.43 Å². The highest BCUT2D eigenvalue weighted by atomic mass is 32.2. The average Bonchev–Trinajstić information content (AvgIpc) is 2.64. The van der Waals surface area contributed by atoms with Gasteiger partial charge in [0.2, 0.25) is 5.91 Å². The molecule has 0 bridgehead atoms. The summed E-state index contributed by atoms with van der Waals surface area (Å²) in [6.45, 7) is 11.3. The van der Waals surface area contributed by atoms with E-state index in [-0.39, 0.29) is 16.2 Å². The molecular weight excluding hydrogens is 458 g/mol. The van der Waals surface area contributed by atoms with Gasteiger partial charge >= 0.3 is 12.1 Å². The third kappa shape index (κ3) is 9.85. The molecule has 1 aromatic carbocycles. The molecule has 0 saturated carbocycles. The lowest BCUT2D eigenvalue weighted by Gasteiger charge is -2.26. The van der Waals surface area contributed by atoms with Crippen LogP contribution >= 0.6 is 11.8 Å². The molecule has 1 rings (SSSR count). The van der Waals surface area contributed by atoms with Crippen LogP contribution in [0.3, 0.4) is 0 Å². The first-order valence-corrected chi connectivity index (χ1v) is 11.1. The van der Waals surface area contributed by atoms with Crippen molar-refractivity contribution in [1.29, 1.82) is 0 Å². The number of amides is 2. The topological polar surface area (TPSA) is 103 Å². The Morgan fingerprint density at radius 3 is 2.03 bits per heavy atom. The van der Waals surface area contributed by atoms with Gasteiger partial charge in [-0.05, 0) is 54.5 Å². The molecule has 0 radical (unpaired) electrons. The van der Waals surface area contributed by atoms with E-state index in [2.05, 4.69) is 10.6 Å². The van der Waals surface area contributed by atoms with Crippen LogP contribution in [0.1, 0.15) is 60.5 Å². The van der Waals surface area contributed by atoms with E-state index in [1.807, 2.05) is 0 Å². The fourth-order valence-corrected chi connectivity index (χ4v) is 3.52. The molecule has 0 aliphatic heterocycles. The Balaban J connectivity index is 3.16. The van der Waals surface area contributed by atoms with Gasteiger partial charge in [0, 0.05) is 5.56 Å². The van der Waals surface area contributed by atoms with E-state index in [1.54, 1.807) is 41.5 Å². The van der Waals surface area contributed by atoms with E-state index in [0.29, 0.717) is 11.8 Å². The Labute approximate surface area is 197 Å². The van der Waals surface area contributed by atoms with Gasteiger partial charge in [0.15, 0.2) is 5.37 Å². The number of alkyl carbamates (subject to hydrolysis) is 1. The number of ether oxygens (including phenoxy) is 3. The summed E-state index contributed by atoms with van der Waals surface area (Å²) in [4.78, 5) is 37.5. The zero-order valence-electron chi connectivity index (χ0n) is 20.1. The van der Waals surface area contributed by atoms with Crippen LogP contribution in [0.25, 0.3) is 0 Å². The van der Waals surface area contributed by atoms with Crippen molar-refractivity contribution < 1.29 is 37.4 Å². The van der Waals surface area contributed by atoms with E-state index < -0.39 is 47.0 Å². The van der Waals surface area contributed by atoms with Crippen LogP contribution in [0.15, 0.2) is 23.1 Å². The van der Waals surface area contributed by atoms with Gasteiger partial charge in [-0.1, -0.05) is 23.9 Å². The number of benzene rings is 1. The van der Waals surface area contributed by atoms with Crippen LogP contribution < -0.4 is 15.4 Å². The van der Waals surface area contributed by atoms with Gasteiger partial charge in [-0.25, -0.2) is 18.4 Å². The molecule has 186 valence electrons. The molecule has 8 nitrogen and oxygen atoms in total. The third-order valence-electron chi connectivity index (χ3n) is 3.72. The van der Waals surface area contributed by atoms with Crippen LogP contribution in [0.2, 0.25) is 0 Å². The lowest BCUT2D eigenvalue weighted by Crippen LogP contribution is -2.51. The first kappa shape index (κ1) is 28.5. The summed E-state index contributed by atoms with van der Waals surface area (Å²) in [5, 5.41) is 3.42. The number of hydrogen-bond donors (Lipinski definition) is 2. The maximum Gasteiger partial charge on any atom is 0.408 e. The third-order valence-corrected chi connectivity index (χ3v) is 4.94. The number of carbonyl (C=O) groups is 3. The van der Waals surface area contributed by atoms with Crippen LogP contribution in [0, 0.1) is 0 Å². The Kier molecular flexibility index (Phi) is 9.95. The highest BCUT2D eigenvalue weighted by Crippen LogP contribution is 2.39. The number of carbonyl (C=O) groups excluding carboxylic acids is 3. The zero-order chi connectivity index (χ0) is 25.6. The standard InChI is InChI=1S/C22H32F2N2O6S/c1-12(25-20(29)32-22(5,6)7)17(27)26-18(19(28)31-21(2,3)4)33-15-13(16(23)24)10-9-11-14(15)30-8/h9-12,16,18H,1-8H3,(H,25,29)(H,26,27)/t12-,18?/m1/s1. The molecule has 2 amide bonds. The molecule has 1 aromatic rings. The molecule has 0 spiro atoms. The Morgan fingerprint density at radius 2 is 1.55 bits per heavy atom. The maximum atomic E-state index is 13.6.